The minimum Gasteiger partial charge on any atom is -0.339 e. The van der Waals surface area contributed by atoms with Crippen LogP contribution in [0.4, 0.5) is 5.95 Å². The Balaban J connectivity index is 1.67. The average molecular weight is 377 g/mol. The minimum absolute atomic E-state index is 0.0743. The van der Waals surface area contributed by atoms with Gasteiger partial charge in [0.25, 0.3) is 5.56 Å². The number of ketones is 1. The summed E-state index contributed by atoms with van der Waals surface area (Å²) in [6.45, 7) is 3.48. The summed E-state index contributed by atoms with van der Waals surface area (Å²) in [6.07, 6.45) is 12.9. The van der Waals surface area contributed by atoms with Crippen LogP contribution >= 0.6 is 0 Å². The van der Waals surface area contributed by atoms with Crippen LogP contribution in [0, 0.1) is 5.92 Å². The van der Waals surface area contributed by atoms with Crippen LogP contribution in [0.1, 0.15) is 26.2 Å². The van der Waals surface area contributed by atoms with Gasteiger partial charge >= 0.3 is 0 Å². The van der Waals surface area contributed by atoms with Crippen molar-refractivity contribution in [2.45, 2.75) is 38.8 Å². The number of anilines is 1. The third-order valence-corrected chi connectivity index (χ3v) is 5.45. The van der Waals surface area contributed by atoms with Crippen molar-refractivity contribution in [1.29, 1.82) is 0 Å². The molecule has 0 radical (unpaired) electrons. The number of carbonyl (C=O) groups excluding carboxylic acids is 1. The number of aromatic nitrogens is 4. The number of hydrogen-bond acceptors (Lipinski definition) is 6. The van der Waals surface area contributed by atoms with E-state index in [0.717, 1.165) is 12.8 Å². The van der Waals surface area contributed by atoms with Crippen LogP contribution in [-0.4, -0.2) is 37.9 Å². The second kappa shape index (κ2) is 7.88. The quantitative estimate of drug-likeness (QED) is 0.796. The number of allylic oxidation sites excluding steroid dienone is 4. The highest BCUT2D eigenvalue weighted by molar-refractivity contribution is 5.94. The fourth-order valence-electron chi connectivity index (χ4n) is 3.88. The molecule has 0 bridgehead atoms. The lowest BCUT2D eigenvalue weighted by Gasteiger charge is -2.38. The summed E-state index contributed by atoms with van der Waals surface area (Å²) >= 11 is 0. The van der Waals surface area contributed by atoms with Crippen LogP contribution < -0.4 is 10.5 Å². The monoisotopic (exact) mass is 377 g/mol. The number of hydrogen-bond donors (Lipinski definition) is 0. The summed E-state index contributed by atoms with van der Waals surface area (Å²) in [7, 11) is 0. The molecule has 0 spiro atoms. The highest BCUT2D eigenvalue weighted by atomic mass is 16.1. The van der Waals surface area contributed by atoms with Crippen LogP contribution in [0.25, 0.3) is 11.4 Å². The number of rotatable bonds is 5. The average Bonchev–Trinajstić information content (AvgIpc) is 2.73. The van der Waals surface area contributed by atoms with Crippen molar-refractivity contribution < 1.29 is 4.79 Å². The lowest BCUT2D eigenvalue weighted by Crippen LogP contribution is -2.46. The molecule has 0 N–H and O–H groups in total. The van der Waals surface area contributed by atoms with Gasteiger partial charge < -0.3 is 4.90 Å². The molecule has 2 aromatic heterocycles. The summed E-state index contributed by atoms with van der Waals surface area (Å²) < 4.78 is 1.73. The van der Waals surface area contributed by atoms with Gasteiger partial charge in [-0.3, -0.25) is 14.2 Å². The number of nitrogens with zero attached hydrogens (tertiary/aromatic N) is 5. The van der Waals surface area contributed by atoms with Gasteiger partial charge in [0, 0.05) is 37.3 Å². The smallest absolute Gasteiger partial charge is 0.255 e. The molecule has 4 rings (SSSR count). The second-order valence-electron chi connectivity index (χ2n) is 7.11. The molecule has 0 saturated heterocycles. The Labute approximate surface area is 163 Å². The summed E-state index contributed by atoms with van der Waals surface area (Å²) in [5.74, 6) is 0.685. The second-order valence-corrected chi connectivity index (χ2v) is 7.11. The van der Waals surface area contributed by atoms with Gasteiger partial charge in [0.05, 0.1) is 11.4 Å². The van der Waals surface area contributed by atoms with E-state index < -0.39 is 0 Å². The molecule has 3 heterocycles. The lowest BCUT2D eigenvalue weighted by molar-refractivity contribution is -0.117. The molecule has 2 unspecified atom stereocenters. The molecule has 2 aromatic rings. The van der Waals surface area contributed by atoms with Crippen LogP contribution in [-0.2, 0) is 11.3 Å². The molecule has 0 amide bonds. The van der Waals surface area contributed by atoms with Crippen LogP contribution in [0.15, 0.2) is 53.8 Å². The summed E-state index contributed by atoms with van der Waals surface area (Å²) in [5, 5.41) is 0. The van der Waals surface area contributed by atoms with E-state index in [1.54, 1.807) is 29.0 Å². The zero-order valence-electron chi connectivity index (χ0n) is 15.9. The number of fused-ring (bicyclic) bond motifs is 1. The van der Waals surface area contributed by atoms with Crippen molar-refractivity contribution in [1.82, 2.24) is 19.5 Å². The molecule has 0 saturated carbocycles. The first kappa shape index (κ1) is 18.3. The third kappa shape index (κ3) is 3.52. The lowest BCUT2D eigenvalue weighted by atomic mass is 9.95. The Kier molecular flexibility index (Phi) is 5.14. The fraction of sp³-hybridized carbons (Fsp3) is 0.381. The highest BCUT2D eigenvalue weighted by Gasteiger charge is 2.29. The Morgan fingerprint density at radius 3 is 2.86 bits per heavy atom. The van der Waals surface area contributed by atoms with Gasteiger partial charge in [0.15, 0.2) is 5.78 Å². The SMILES string of the molecule is CCC1CCn2c(nc(-c3ccncn3)cc2=O)N1CCC1C=CC=CC1=O. The van der Waals surface area contributed by atoms with Gasteiger partial charge in [-0.05, 0) is 31.4 Å². The molecular weight excluding hydrogens is 354 g/mol. The molecular formula is C21H23N5O2. The molecule has 0 aromatic carbocycles. The van der Waals surface area contributed by atoms with Crippen molar-refractivity contribution in [3.63, 3.8) is 0 Å². The summed E-state index contributed by atoms with van der Waals surface area (Å²) in [4.78, 5) is 40.0. The van der Waals surface area contributed by atoms with Crippen molar-refractivity contribution in [3.8, 4) is 11.4 Å². The third-order valence-electron chi connectivity index (χ3n) is 5.45. The minimum atomic E-state index is -0.116. The Morgan fingerprint density at radius 1 is 1.21 bits per heavy atom. The van der Waals surface area contributed by atoms with E-state index in [0.29, 0.717) is 42.9 Å². The van der Waals surface area contributed by atoms with Gasteiger partial charge in [0.2, 0.25) is 5.95 Å². The first-order valence-electron chi connectivity index (χ1n) is 9.71. The van der Waals surface area contributed by atoms with Gasteiger partial charge in [0.1, 0.15) is 6.33 Å². The molecule has 2 aliphatic rings. The summed E-state index contributed by atoms with van der Waals surface area (Å²) in [5.41, 5.74) is 1.11. The van der Waals surface area contributed by atoms with E-state index in [-0.39, 0.29) is 17.3 Å². The van der Waals surface area contributed by atoms with E-state index >= 15 is 0 Å². The van der Waals surface area contributed by atoms with Crippen molar-refractivity contribution in [2.75, 3.05) is 11.4 Å². The summed E-state index contributed by atoms with van der Waals surface area (Å²) in [6, 6.07) is 3.58. The van der Waals surface area contributed by atoms with Gasteiger partial charge in [-0.15, -0.1) is 0 Å². The number of carbonyl (C=O) groups is 1. The Morgan fingerprint density at radius 2 is 2.11 bits per heavy atom. The Bertz CT molecular complexity index is 980. The maximum Gasteiger partial charge on any atom is 0.255 e. The van der Waals surface area contributed by atoms with Gasteiger partial charge in [-0.2, -0.15) is 0 Å². The topological polar surface area (TPSA) is 81.0 Å². The van der Waals surface area contributed by atoms with Crippen molar-refractivity contribution >= 4 is 11.7 Å². The fourth-order valence-corrected chi connectivity index (χ4v) is 3.88. The van der Waals surface area contributed by atoms with E-state index in [1.807, 2.05) is 12.2 Å². The standard InChI is InChI=1S/C21H23N5O2/c1-2-16-9-12-26-20(28)13-18(17-7-10-22-14-23-17)24-21(26)25(16)11-8-15-5-3-4-6-19(15)27/h3-7,10,13-16H,2,8-9,11-12H2,1H3. The molecule has 2 atom stereocenters. The molecule has 1 aliphatic carbocycles. The molecule has 28 heavy (non-hydrogen) atoms. The van der Waals surface area contributed by atoms with Crippen LogP contribution in [0.3, 0.4) is 0 Å². The first-order valence-corrected chi connectivity index (χ1v) is 9.71. The Hall–Kier alpha value is -3.09. The molecule has 0 fully saturated rings. The van der Waals surface area contributed by atoms with Gasteiger partial charge in [-0.1, -0.05) is 25.2 Å². The van der Waals surface area contributed by atoms with Crippen LogP contribution in [0.5, 0.6) is 0 Å². The largest absolute Gasteiger partial charge is 0.339 e. The highest BCUT2D eigenvalue weighted by Crippen LogP contribution is 2.27. The molecule has 7 heteroatoms. The van der Waals surface area contributed by atoms with E-state index in [4.69, 9.17) is 4.98 Å². The maximum absolute atomic E-state index is 12.7. The molecule has 144 valence electrons. The van der Waals surface area contributed by atoms with Crippen molar-refractivity contribution in [2.24, 2.45) is 5.92 Å². The first-order chi connectivity index (χ1) is 13.7. The molecule has 7 nitrogen and oxygen atoms in total. The van der Waals surface area contributed by atoms with Gasteiger partial charge in [-0.25, -0.2) is 15.0 Å². The maximum atomic E-state index is 12.7. The normalized spacial score (nSPS) is 21.0. The zero-order chi connectivity index (χ0) is 19.5. The van der Waals surface area contributed by atoms with Crippen molar-refractivity contribution in [3.05, 3.63) is 59.3 Å². The van der Waals surface area contributed by atoms with E-state index in [2.05, 4.69) is 21.8 Å². The van der Waals surface area contributed by atoms with E-state index in [9.17, 15) is 9.59 Å². The zero-order valence-corrected chi connectivity index (χ0v) is 15.9. The van der Waals surface area contributed by atoms with Crippen LogP contribution in [0.2, 0.25) is 0 Å². The predicted octanol–water partition coefficient (Wildman–Crippen LogP) is 2.39. The molecule has 1 aliphatic heterocycles. The van der Waals surface area contributed by atoms with E-state index in [1.165, 1.54) is 12.4 Å². The predicted molar refractivity (Wildman–Crippen MR) is 107 cm³/mol.